The van der Waals surface area contributed by atoms with E-state index in [4.69, 9.17) is 21.1 Å². The van der Waals surface area contributed by atoms with Crippen LogP contribution in [0.1, 0.15) is 60.3 Å². The van der Waals surface area contributed by atoms with Gasteiger partial charge in [-0.3, -0.25) is 15.0 Å². The molecule has 7 rings (SSSR count). The van der Waals surface area contributed by atoms with Gasteiger partial charge in [-0.05, 0) is 68.1 Å². The van der Waals surface area contributed by atoms with Gasteiger partial charge in [0.15, 0.2) is 17.3 Å². The number of hydrogen-bond acceptors (Lipinski definition) is 7. The Morgan fingerprint density at radius 1 is 1.15 bits per heavy atom. The Bertz CT molecular complexity index is 1940. The maximum atomic E-state index is 16.0. The van der Waals surface area contributed by atoms with E-state index in [1.807, 2.05) is 5.10 Å². The number of benzene rings is 2. The fourth-order valence-corrected chi connectivity index (χ4v) is 6.61. The van der Waals surface area contributed by atoms with Crippen molar-refractivity contribution in [1.82, 2.24) is 25.1 Å². The standard InChI is InChI=1S/C33H27ClF6N6O2/c1-30(23-6-5-20(34)12-24(23)35)47-26-4-2-3-21(27(26)48-30)22-7-10-46(17-32(22,36)37)15-25-18(13-31(16-41)8-9-31)11-19(14-42-25)28-43-29(45-44-28)33(38,39)40/h2-6,11-12,14,22H,7-10,13,15,17H2,1H3,(H,43,44,45)/t22-,30+/m0/s1. The molecular weight excluding hydrogens is 662 g/mol. The Labute approximate surface area is 275 Å². The summed E-state index contributed by atoms with van der Waals surface area (Å²) in [7, 11) is 0. The summed E-state index contributed by atoms with van der Waals surface area (Å²) in [5, 5.41) is 15.5. The quantitative estimate of drug-likeness (QED) is 0.198. The molecule has 2 atom stereocenters. The van der Waals surface area contributed by atoms with Crippen LogP contribution < -0.4 is 9.47 Å². The number of nitrogens with one attached hydrogen (secondary N) is 1. The van der Waals surface area contributed by atoms with E-state index in [0.717, 1.165) is 6.07 Å². The second-order valence-corrected chi connectivity index (χ2v) is 13.1. The highest BCUT2D eigenvalue weighted by Gasteiger charge is 2.50. The normalized spacial score (nSPS) is 22.8. The molecule has 4 aromatic rings. The second-order valence-electron chi connectivity index (χ2n) is 12.7. The number of alkyl halides is 5. The van der Waals surface area contributed by atoms with Crippen molar-refractivity contribution in [3.05, 3.63) is 87.7 Å². The summed E-state index contributed by atoms with van der Waals surface area (Å²) in [6.45, 7) is 1.18. The lowest BCUT2D eigenvalue weighted by Crippen LogP contribution is -2.47. The van der Waals surface area contributed by atoms with E-state index in [2.05, 4.69) is 21.1 Å². The molecule has 2 aromatic carbocycles. The van der Waals surface area contributed by atoms with E-state index >= 15 is 8.78 Å². The number of pyridine rings is 1. The predicted molar refractivity (Wildman–Crippen MR) is 160 cm³/mol. The highest BCUT2D eigenvalue weighted by Crippen LogP contribution is 2.53. The first-order chi connectivity index (χ1) is 22.7. The van der Waals surface area contributed by atoms with Gasteiger partial charge in [0.05, 0.1) is 35.2 Å². The summed E-state index contributed by atoms with van der Waals surface area (Å²) in [6, 6.07) is 12.7. The molecule has 2 aliphatic heterocycles. The number of hydrogen-bond donors (Lipinski definition) is 1. The lowest BCUT2D eigenvalue weighted by atomic mass is 9.85. The van der Waals surface area contributed by atoms with Gasteiger partial charge in [0.25, 0.3) is 11.7 Å². The molecule has 15 heteroatoms. The van der Waals surface area contributed by atoms with Gasteiger partial charge < -0.3 is 9.47 Å². The van der Waals surface area contributed by atoms with E-state index < -0.39 is 47.4 Å². The average molecular weight is 689 g/mol. The minimum atomic E-state index is -4.72. The zero-order chi connectivity index (χ0) is 34.1. The number of aromatic nitrogens is 4. The van der Waals surface area contributed by atoms with Gasteiger partial charge in [0.1, 0.15) is 5.82 Å². The minimum absolute atomic E-state index is 0.0294. The van der Waals surface area contributed by atoms with Gasteiger partial charge in [-0.2, -0.15) is 23.5 Å². The number of para-hydroxylation sites is 1. The zero-order valence-electron chi connectivity index (χ0n) is 25.3. The van der Waals surface area contributed by atoms with E-state index in [1.54, 1.807) is 29.2 Å². The van der Waals surface area contributed by atoms with E-state index in [1.165, 1.54) is 25.3 Å². The lowest BCUT2D eigenvalue weighted by Gasteiger charge is -2.39. The topological polar surface area (TPSA) is 100.0 Å². The lowest BCUT2D eigenvalue weighted by molar-refractivity contribution is -0.144. The van der Waals surface area contributed by atoms with Crippen LogP contribution in [0.15, 0.2) is 48.7 Å². The maximum Gasteiger partial charge on any atom is 0.451 e. The molecule has 1 saturated heterocycles. The van der Waals surface area contributed by atoms with Gasteiger partial charge in [0.2, 0.25) is 5.82 Å². The first-order valence-corrected chi connectivity index (χ1v) is 15.5. The monoisotopic (exact) mass is 688 g/mol. The number of halogens is 7. The summed E-state index contributed by atoms with van der Waals surface area (Å²) < 4.78 is 98.3. The van der Waals surface area contributed by atoms with Gasteiger partial charge in [-0.25, -0.2) is 18.2 Å². The molecule has 250 valence electrons. The van der Waals surface area contributed by atoms with Crippen LogP contribution in [0.4, 0.5) is 26.3 Å². The fourth-order valence-electron chi connectivity index (χ4n) is 6.45. The first kappa shape index (κ1) is 32.2. The van der Waals surface area contributed by atoms with E-state index in [-0.39, 0.29) is 65.0 Å². The Morgan fingerprint density at radius 2 is 1.94 bits per heavy atom. The van der Waals surface area contributed by atoms with Gasteiger partial charge in [-0.1, -0.05) is 23.7 Å². The van der Waals surface area contributed by atoms with Crippen molar-refractivity contribution in [3.63, 3.8) is 0 Å². The van der Waals surface area contributed by atoms with Crippen LogP contribution >= 0.6 is 11.6 Å². The number of nitriles is 1. The summed E-state index contributed by atoms with van der Waals surface area (Å²) >= 11 is 5.91. The van der Waals surface area contributed by atoms with E-state index in [9.17, 15) is 22.8 Å². The Morgan fingerprint density at radius 3 is 2.60 bits per heavy atom. The molecule has 8 nitrogen and oxygen atoms in total. The first-order valence-electron chi connectivity index (χ1n) is 15.1. The molecule has 0 bridgehead atoms. The predicted octanol–water partition coefficient (Wildman–Crippen LogP) is 7.79. The molecule has 48 heavy (non-hydrogen) atoms. The summed E-state index contributed by atoms with van der Waals surface area (Å²) in [5.41, 5.74) is 0.894. The number of nitrogens with zero attached hydrogens (tertiary/aromatic N) is 5. The SMILES string of the molecule is C[C@@]1(c2ccc(Cl)cc2F)Oc2cccc([C@@H]3CCN(Cc4ncc(-c5n[nH]c(C(F)(F)F)n5)cc4CC4(C#N)CC4)CC3(F)F)c2O1. The van der Waals surface area contributed by atoms with Crippen LogP contribution in [0, 0.1) is 22.6 Å². The summed E-state index contributed by atoms with van der Waals surface area (Å²) in [5.74, 6) is -7.84. The summed E-state index contributed by atoms with van der Waals surface area (Å²) in [6.07, 6.45) is -1.80. The molecule has 2 fully saturated rings. The van der Waals surface area contributed by atoms with Crippen molar-refractivity contribution in [2.75, 3.05) is 13.1 Å². The zero-order valence-corrected chi connectivity index (χ0v) is 26.1. The summed E-state index contributed by atoms with van der Waals surface area (Å²) in [4.78, 5) is 9.55. The number of aromatic amines is 1. The third kappa shape index (κ3) is 5.94. The molecule has 2 aromatic heterocycles. The van der Waals surface area contributed by atoms with Crippen molar-refractivity contribution < 1.29 is 35.8 Å². The highest BCUT2D eigenvalue weighted by molar-refractivity contribution is 6.30. The van der Waals surface area contributed by atoms with Crippen molar-refractivity contribution in [2.45, 2.75) is 63.0 Å². The van der Waals surface area contributed by atoms with Gasteiger partial charge in [0, 0.05) is 35.8 Å². The van der Waals surface area contributed by atoms with Crippen molar-refractivity contribution >= 4 is 11.6 Å². The fraction of sp³-hybridized carbons (Fsp3) is 0.394. The molecule has 1 N–H and O–H groups in total. The highest BCUT2D eigenvalue weighted by atomic mass is 35.5. The van der Waals surface area contributed by atoms with Crippen LogP contribution in [0.2, 0.25) is 5.02 Å². The van der Waals surface area contributed by atoms with E-state index in [0.29, 0.717) is 24.1 Å². The third-order valence-corrected chi connectivity index (χ3v) is 9.38. The number of likely N-dealkylation sites (tertiary alicyclic amines) is 1. The molecular formula is C33H27ClF6N6O2. The molecule has 1 saturated carbocycles. The number of rotatable bonds is 7. The van der Waals surface area contributed by atoms with Crippen molar-refractivity contribution in [3.8, 4) is 29.0 Å². The van der Waals surface area contributed by atoms with Crippen LogP contribution in [-0.2, 0) is 24.9 Å². The average Bonchev–Trinajstić information content (AvgIpc) is 3.42. The van der Waals surface area contributed by atoms with Crippen LogP contribution in [0.5, 0.6) is 11.5 Å². The molecule has 4 heterocycles. The van der Waals surface area contributed by atoms with Crippen LogP contribution in [0.25, 0.3) is 11.4 Å². The van der Waals surface area contributed by atoms with Gasteiger partial charge in [-0.15, -0.1) is 0 Å². The number of fused-ring (bicyclic) bond motifs is 1. The van der Waals surface area contributed by atoms with Gasteiger partial charge >= 0.3 is 6.18 Å². The smallest absolute Gasteiger partial charge is 0.444 e. The molecule has 0 spiro atoms. The Kier molecular flexibility index (Phi) is 7.63. The Balaban J connectivity index is 1.12. The second kappa shape index (κ2) is 11.4. The number of H-pyrrole nitrogens is 1. The van der Waals surface area contributed by atoms with Crippen LogP contribution in [0.3, 0.4) is 0 Å². The maximum absolute atomic E-state index is 16.0. The molecule has 0 radical (unpaired) electrons. The van der Waals surface area contributed by atoms with Crippen LogP contribution in [-0.4, -0.2) is 44.1 Å². The van der Waals surface area contributed by atoms with Crippen molar-refractivity contribution in [1.29, 1.82) is 5.26 Å². The number of ether oxygens (including phenoxy) is 2. The molecule has 3 aliphatic rings. The molecule has 1 aliphatic carbocycles. The molecule has 0 unspecified atom stereocenters. The number of piperidine rings is 1. The molecule has 0 amide bonds. The third-order valence-electron chi connectivity index (χ3n) is 9.15. The largest absolute Gasteiger partial charge is 0.451 e. The minimum Gasteiger partial charge on any atom is -0.444 e. The Hall–Kier alpha value is -4.35. The van der Waals surface area contributed by atoms with Crippen molar-refractivity contribution in [2.24, 2.45) is 5.41 Å².